The van der Waals surface area contributed by atoms with Crippen molar-refractivity contribution in [2.45, 2.75) is 6.54 Å². The van der Waals surface area contributed by atoms with Crippen LogP contribution in [0.5, 0.6) is 0 Å². The van der Waals surface area contributed by atoms with Gasteiger partial charge in [0.1, 0.15) is 10.7 Å². The van der Waals surface area contributed by atoms with E-state index in [9.17, 15) is 4.79 Å². The molecule has 6 nitrogen and oxygen atoms in total. The van der Waals surface area contributed by atoms with Crippen molar-refractivity contribution in [1.82, 2.24) is 20.5 Å². The van der Waals surface area contributed by atoms with Gasteiger partial charge in [0, 0.05) is 17.0 Å². The number of aromatic nitrogens is 3. The Bertz CT molecular complexity index is 974. The van der Waals surface area contributed by atoms with E-state index in [1.807, 2.05) is 35.7 Å². The van der Waals surface area contributed by atoms with Gasteiger partial charge in [-0.1, -0.05) is 30.3 Å². The number of H-pyrrole nitrogens is 1. The lowest BCUT2D eigenvalue weighted by Gasteiger charge is -1.99. The third kappa shape index (κ3) is 3.36. The summed E-state index contributed by atoms with van der Waals surface area (Å²) in [5, 5.41) is 12.5. The molecule has 7 heteroatoms. The Hall–Kier alpha value is -3.19. The molecule has 0 spiro atoms. The number of nitrogens with one attached hydrogen (secondary N) is 2. The standard InChI is InChI=1S/C18H14N4O2S/c23-17(15-9-14(21-22-15)16-7-4-8-24-16)19-10-13-11-25-18(20-13)12-5-2-1-3-6-12/h1-9,11H,10H2,(H,19,23)(H,21,22). The Kier molecular flexibility index (Phi) is 4.14. The maximum absolute atomic E-state index is 12.2. The first-order valence-electron chi connectivity index (χ1n) is 7.67. The van der Waals surface area contributed by atoms with E-state index in [0.29, 0.717) is 23.7 Å². The average Bonchev–Trinajstić information content (AvgIpc) is 3.41. The highest BCUT2D eigenvalue weighted by Crippen LogP contribution is 2.23. The normalized spacial score (nSPS) is 10.7. The smallest absolute Gasteiger partial charge is 0.272 e. The topological polar surface area (TPSA) is 83.8 Å². The number of furan rings is 1. The molecule has 4 rings (SSSR count). The number of carbonyl (C=O) groups excluding carboxylic acids is 1. The molecule has 3 heterocycles. The number of benzene rings is 1. The second-order valence-electron chi connectivity index (χ2n) is 5.34. The second-order valence-corrected chi connectivity index (χ2v) is 6.19. The third-order valence-electron chi connectivity index (χ3n) is 3.60. The van der Waals surface area contributed by atoms with Gasteiger partial charge in [0.15, 0.2) is 11.5 Å². The minimum absolute atomic E-state index is 0.261. The van der Waals surface area contributed by atoms with Crippen LogP contribution in [0.4, 0.5) is 0 Å². The molecule has 1 amide bonds. The van der Waals surface area contributed by atoms with Gasteiger partial charge in [0.05, 0.1) is 18.5 Å². The van der Waals surface area contributed by atoms with Crippen molar-refractivity contribution < 1.29 is 9.21 Å². The molecule has 0 aliphatic heterocycles. The Balaban J connectivity index is 1.40. The van der Waals surface area contributed by atoms with Crippen molar-refractivity contribution in [1.29, 1.82) is 0 Å². The largest absolute Gasteiger partial charge is 0.463 e. The van der Waals surface area contributed by atoms with Crippen LogP contribution in [0.3, 0.4) is 0 Å². The molecule has 4 aromatic rings. The molecule has 2 N–H and O–H groups in total. The van der Waals surface area contributed by atoms with Gasteiger partial charge in [-0.15, -0.1) is 11.3 Å². The fourth-order valence-corrected chi connectivity index (χ4v) is 3.18. The lowest BCUT2D eigenvalue weighted by Crippen LogP contribution is -2.23. The molecule has 0 saturated heterocycles. The number of hydrogen-bond acceptors (Lipinski definition) is 5. The Morgan fingerprint density at radius 2 is 2.08 bits per heavy atom. The summed E-state index contributed by atoms with van der Waals surface area (Å²) in [4.78, 5) is 16.8. The molecule has 1 aromatic carbocycles. The quantitative estimate of drug-likeness (QED) is 0.574. The predicted molar refractivity (Wildman–Crippen MR) is 95.0 cm³/mol. The fourth-order valence-electron chi connectivity index (χ4n) is 2.36. The van der Waals surface area contributed by atoms with E-state index in [4.69, 9.17) is 4.42 Å². The first-order valence-corrected chi connectivity index (χ1v) is 8.55. The molecule has 0 fully saturated rings. The molecule has 0 radical (unpaired) electrons. The van der Waals surface area contributed by atoms with Crippen LogP contribution in [0.2, 0.25) is 0 Å². The summed E-state index contributed by atoms with van der Waals surface area (Å²) in [6, 6.07) is 15.2. The monoisotopic (exact) mass is 350 g/mol. The first kappa shape index (κ1) is 15.3. The van der Waals surface area contributed by atoms with Gasteiger partial charge >= 0.3 is 0 Å². The molecule has 0 unspecified atom stereocenters. The van der Waals surface area contributed by atoms with Crippen LogP contribution in [0.1, 0.15) is 16.2 Å². The summed E-state index contributed by atoms with van der Waals surface area (Å²) in [7, 11) is 0. The van der Waals surface area contributed by atoms with Crippen LogP contribution >= 0.6 is 11.3 Å². The third-order valence-corrected chi connectivity index (χ3v) is 4.54. The SMILES string of the molecule is O=C(NCc1csc(-c2ccccc2)n1)c1cc(-c2ccco2)[nH]n1. The van der Waals surface area contributed by atoms with Crippen molar-refractivity contribution >= 4 is 17.2 Å². The van der Waals surface area contributed by atoms with E-state index >= 15 is 0 Å². The first-order chi connectivity index (χ1) is 12.3. The summed E-state index contributed by atoms with van der Waals surface area (Å²) >= 11 is 1.56. The maximum atomic E-state index is 12.2. The zero-order chi connectivity index (χ0) is 17.1. The maximum Gasteiger partial charge on any atom is 0.272 e. The van der Waals surface area contributed by atoms with Crippen molar-refractivity contribution in [2.24, 2.45) is 0 Å². The number of rotatable bonds is 5. The van der Waals surface area contributed by atoms with E-state index in [0.717, 1.165) is 16.3 Å². The highest BCUT2D eigenvalue weighted by atomic mass is 32.1. The van der Waals surface area contributed by atoms with Crippen LogP contribution in [0.25, 0.3) is 22.0 Å². The number of nitrogens with zero attached hydrogens (tertiary/aromatic N) is 2. The zero-order valence-corrected chi connectivity index (χ0v) is 13.9. The van der Waals surface area contributed by atoms with Crippen molar-refractivity contribution in [3.05, 3.63) is 71.6 Å². The van der Waals surface area contributed by atoms with Gasteiger partial charge in [-0.25, -0.2) is 4.98 Å². The van der Waals surface area contributed by atoms with Gasteiger partial charge in [-0.2, -0.15) is 5.10 Å². The van der Waals surface area contributed by atoms with Crippen molar-refractivity contribution in [3.8, 4) is 22.0 Å². The summed E-state index contributed by atoms with van der Waals surface area (Å²) < 4.78 is 5.28. The highest BCUT2D eigenvalue weighted by molar-refractivity contribution is 7.13. The van der Waals surface area contributed by atoms with Gasteiger partial charge in [0.25, 0.3) is 5.91 Å². The molecule has 0 saturated carbocycles. The van der Waals surface area contributed by atoms with E-state index < -0.39 is 0 Å². The van der Waals surface area contributed by atoms with E-state index in [1.165, 1.54) is 0 Å². The predicted octanol–water partition coefficient (Wildman–Crippen LogP) is 3.72. The Morgan fingerprint density at radius 1 is 1.20 bits per heavy atom. The van der Waals surface area contributed by atoms with Crippen LogP contribution in [0.15, 0.2) is 64.6 Å². The van der Waals surface area contributed by atoms with Crippen molar-refractivity contribution in [2.75, 3.05) is 0 Å². The van der Waals surface area contributed by atoms with Crippen LogP contribution in [-0.2, 0) is 6.54 Å². The minimum atomic E-state index is -0.261. The molecule has 0 aliphatic carbocycles. The molecule has 124 valence electrons. The molecule has 0 atom stereocenters. The zero-order valence-electron chi connectivity index (χ0n) is 13.1. The second kappa shape index (κ2) is 6.74. The van der Waals surface area contributed by atoms with Crippen molar-refractivity contribution in [3.63, 3.8) is 0 Å². The van der Waals surface area contributed by atoms with Gasteiger partial charge < -0.3 is 9.73 Å². The summed E-state index contributed by atoms with van der Waals surface area (Å²) in [5.41, 5.74) is 2.86. The van der Waals surface area contributed by atoms with Crippen LogP contribution < -0.4 is 5.32 Å². The van der Waals surface area contributed by atoms with Crippen LogP contribution in [-0.4, -0.2) is 21.1 Å². The van der Waals surface area contributed by atoms with E-state index in [1.54, 1.807) is 35.8 Å². The van der Waals surface area contributed by atoms with E-state index in [2.05, 4.69) is 20.5 Å². The number of aromatic amines is 1. The molecule has 0 bridgehead atoms. The highest BCUT2D eigenvalue weighted by Gasteiger charge is 2.13. The molecule has 0 aliphatic rings. The van der Waals surface area contributed by atoms with Gasteiger partial charge in [0.2, 0.25) is 0 Å². The number of carbonyl (C=O) groups is 1. The molecule has 3 aromatic heterocycles. The lowest BCUT2D eigenvalue weighted by molar-refractivity contribution is 0.0945. The fraction of sp³-hybridized carbons (Fsp3) is 0.0556. The number of amides is 1. The number of hydrogen-bond donors (Lipinski definition) is 2. The summed E-state index contributed by atoms with van der Waals surface area (Å²) in [6.45, 7) is 0.352. The molecular formula is C18H14N4O2S. The van der Waals surface area contributed by atoms with Crippen LogP contribution in [0, 0.1) is 0 Å². The average molecular weight is 350 g/mol. The van der Waals surface area contributed by atoms with E-state index in [-0.39, 0.29) is 5.91 Å². The lowest BCUT2D eigenvalue weighted by atomic mass is 10.2. The summed E-state index contributed by atoms with van der Waals surface area (Å²) in [5.74, 6) is 0.377. The summed E-state index contributed by atoms with van der Waals surface area (Å²) in [6.07, 6.45) is 1.57. The number of thiazole rings is 1. The van der Waals surface area contributed by atoms with Gasteiger partial charge in [-0.3, -0.25) is 9.89 Å². The Labute approximate surface area is 147 Å². The minimum Gasteiger partial charge on any atom is -0.463 e. The van der Waals surface area contributed by atoms with Gasteiger partial charge in [-0.05, 0) is 12.1 Å². The molecular weight excluding hydrogens is 336 g/mol. The Morgan fingerprint density at radius 3 is 2.88 bits per heavy atom. The molecule has 25 heavy (non-hydrogen) atoms.